The Morgan fingerprint density at radius 2 is 2.05 bits per heavy atom. The second-order valence-electron chi connectivity index (χ2n) is 4.45. The molecule has 3 N–H and O–H groups in total. The Morgan fingerprint density at radius 1 is 1.19 bits per heavy atom. The first kappa shape index (κ1) is 12.2. The molecule has 0 saturated carbocycles. The Balaban J connectivity index is 2.04. The molecule has 8 heteroatoms. The van der Waals surface area contributed by atoms with Crippen molar-refractivity contribution in [3.05, 3.63) is 35.5 Å². The maximum absolute atomic E-state index is 13.7. The summed E-state index contributed by atoms with van der Waals surface area (Å²) < 4.78 is 27.1. The topological polar surface area (TPSA) is 80.5 Å². The minimum atomic E-state index is -0.664. The highest BCUT2D eigenvalue weighted by Gasteiger charge is 2.15. The normalized spacial score (nSPS) is 11.5. The van der Waals surface area contributed by atoms with Crippen molar-refractivity contribution in [3.8, 4) is 11.4 Å². The minimum Gasteiger partial charge on any atom is -0.382 e. The first-order valence-electron chi connectivity index (χ1n) is 5.96. The van der Waals surface area contributed by atoms with E-state index in [-0.39, 0.29) is 11.3 Å². The van der Waals surface area contributed by atoms with Gasteiger partial charge in [0.25, 0.3) is 0 Å². The quantitative estimate of drug-likeness (QED) is 0.566. The van der Waals surface area contributed by atoms with Crippen LogP contribution in [0.3, 0.4) is 0 Å². The first-order chi connectivity index (χ1) is 10.1. The number of hydrogen-bond donors (Lipinski definition) is 2. The third-order valence-corrected chi connectivity index (χ3v) is 3.89. The van der Waals surface area contributed by atoms with Crippen molar-refractivity contribution in [2.75, 3.05) is 5.73 Å². The van der Waals surface area contributed by atoms with E-state index in [9.17, 15) is 8.78 Å². The van der Waals surface area contributed by atoms with Crippen molar-refractivity contribution in [2.24, 2.45) is 0 Å². The van der Waals surface area contributed by atoms with Crippen LogP contribution in [0.2, 0.25) is 0 Å². The summed E-state index contributed by atoms with van der Waals surface area (Å²) in [6.45, 7) is 0. The summed E-state index contributed by atoms with van der Waals surface area (Å²) in [5.41, 5.74) is 8.69. The SMILES string of the molecule is Nc1nc(-c2c[nH]c3c(F)cc(F)cc23)nc2scnc12. The molecule has 0 unspecified atom stereocenters. The monoisotopic (exact) mass is 303 g/mol. The van der Waals surface area contributed by atoms with Gasteiger partial charge in [0.15, 0.2) is 11.6 Å². The average Bonchev–Trinajstić information content (AvgIpc) is 3.04. The highest BCUT2D eigenvalue weighted by molar-refractivity contribution is 7.16. The third-order valence-electron chi connectivity index (χ3n) is 3.17. The highest BCUT2D eigenvalue weighted by atomic mass is 32.1. The van der Waals surface area contributed by atoms with Crippen LogP contribution < -0.4 is 5.73 Å². The predicted molar refractivity (Wildman–Crippen MR) is 76.8 cm³/mol. The zero-order chi connectivity index (χ0) is 14.6. The molecule has 4 aromatic rings. The molecule has 5 nitrogen and oxygen atoms in total. The summed E-state index contributed by atoms with van der Waals surface area (Å²) in [6.07, 6.45) is 1.54. The van der Waals surface area contributed by atoms with Crippen LogP contribution >= 0.6 is 11.3 Å². The van der Waals surface area contributed by atoms with E-state index in [4.69, 9.17) is 5.73 Å². The Labute approximate surface area is 120 Å². The molecule has 0 aliphatic carbocycles. The maximum Gasteiger partial charge on any atom is 0.165 e. The number of halogens is 2. The molecule has 0 aliphatic heterocycles. The number of aromatic nitrogens is 4. The molecule has 104 valence electrons. The maximum atomic E-state index is 13.7. The van der Waals surface area contributed by atoms with Gasteiger partial charge in [-0.05, 0) is 6.07 Å². The fourth-order valence-electron chi connectivity index (χ4n) is 2.24. The summed E-state index contributed by atoms with van der Waals surface area (Å²) in [5.74, 6) is -0.779. The number of nitrogens with zero attached hydrogens (tertiary/aromatic N) is 3. The van der Waals surface area contributed by atoms with Crippen LogP contribution in [0.25, 0.3) is 32.6 Å². The number of nitrogen functional groups attached to an aromatic ring is 1. The van der Waals surface area contributed by atoms with E-state index in [1.165, 1.54) is 23.6 Å². The molecule has 21 heavy (non-hydrogen) atoms. The molecule has 1 aromatic carbocycles. The van der Waals surface area contributed by atoms with E-state index in [1.807, 2.05) is 0 Å². The van der Waals surface area contributed by atoms with Gasteiger partial charge >= 0.3 is 0 Å². The standard InChI is InChI=1S/C13H7F2N5S/c14-5-1-6-7(3-17-9(6)8(15)2-5)12-19-11(16)10-13(20-12)21-4-18-10/h1-4,17H,(H2,16,19,20). The van der Waals surface area contributed by atoms with Crippen LogP contribution in [0.4, 0.5) is 14.6 Å². The Kier molecular flexibility index (Phi) is 2.43. The smallest absolute Gasteiger partial charge is 0.165 e. The molecule has 0 amide bonds. The number of benzene rings is 1. The number of aromatic amines is 1. The van der Waals surface area contributed by atoms with E-state index in [1.54, 1.807) is 5.51 Å². The van der Waals surface area contributed by atoms with Crippen molar-refractivity contribution in [1.29, 1.82) is 0 Å². The van der Waals surface area contributed by atoms with Gasteiger partial charge in [0.2, 0.25) is 0 Å². The van der Waals surface area contributed by atoms with Gasteiger partial charge in [-0.2, -0.15) is 0 Å². The molecular weight excluding hydrogens is 296 g/mol. The lowest BCUT2D eigenvalue weighted by Gasteiger charge is -2.01. The minimum absolute atomic E-state index is 0.206. The van der Waals surface area contributed by atoms with Crippen LogP contribution in [-0.2, 0) is 0 Å². The predicted octanol–water partition coefficient (Wildman–Crippen LogP) is 3.09. The molecule has 0 aliphatic rings. The Bertz CT molecular complexity index is 991. The van der Waals surface area contributed by atoms with E-state index < -0.39 is 11.6 Å². The number of thiazole rings is 1. The van der Waals surface area contributed by atoms with E-state index in [0.29, 0.717) is 27.1 Å². The van der Waals surface area contributed by atoms with Crippen LogP contribution in [0.1, 0.15) is 0 Å². The number of H-pyrrole nitrogens is 1. The molecule has 3 heterocycles. The first-order valence-corrected chi connectivity index (χ1v) is 6.84. The van der Waals surface area contributed by atoms with Crippen molar-refractivity contribution < 1.29 is 8.78 Å². The second kappa shape index (κ2) is 4.19. The molecule has 0 atom stereocenters. The van der Waals surface area contributed by atoms with Gasteiger partial charge in [-0.3, -0.25) is 0 Å². The number of anilines is 1. The molecule has 0 radical (unpaired) electrons. The van der Waals surface area contributed by atoms with Crippen molar-refractivity contribution in [1.82, 2.24) is 19.9 Å². The summed E-state index contributed by atoms with van der Waals surface area (Å²) >= 11 is 1.32. The van der Waals surface area contributed by atoms with Gasteiger partial charge in [-0.1, -0.05) is 0 Å². The lowest BCUT2D eigenvalue weighted by Crippen LogP contribution is -1.96. The summed E-state index contributed by atoms with van der Waals surface area (Å²) in [4.78, 5) is 16.0. The van der Waals surface area contributed by atoms with Crippen LogP contribution in [-0.4, -0.2) is 19.9 Å². The van der Waals surface area contributed by atoms with E-state index in [2.05, 4.69) is 19.9 Å². The number of nitrogens with two attached hydrogens (primary N) is 1. The zero-order valence-electron chi connectivity index (χ0n) is 10.4. The summed E-state index contributed by atoms with van der Waals surface area (Å²) in [5, 5.41) is 0.371. The van der Waals surface area contributed by atoms with Crippen molar-refractivity contribution in [3.63, 3.8) is 0 Å². The average molecular weight is 303 g/mol. The number of hydrogen-bond acceptors (Lipinski definition) is 5. The fraction of sp³-hybridized carbons (Fsp3) is 0. The van der Waals surface area contributed by atoms with Gasteiger partial charge in [0.1, 0.15) is 22.0 Å². The third kappa shape index (κ3) is 1.76. The van der Waals surface area contributed by atoms with Gasteiger partial charge < -0.3 is 10.7 Å². The van der Waals surface area contributed by atoms with E-state index in [0.717, 1.165) is 6.07 Å². The molecule has 0 saturated heterocycles. The largest absolute Gasteiger partial charge is 0.382 e. The molecular formula is C13H7F2N5S. The number of nitrogens with one attached hydrogen (secondary N) is 1. The van der Waals surface area contributed by atoms with Crippen LogP contribution in [0.5, 0.6) is 0 Å². The molecule has 3 aromatic heterocycles. The molecule has 0 bridgehead atoms. The number of fused-ring (bicyclic) bond motifs is 2. The summed E-state index contributed by atoms with van der Waals surface area (Å²) in [7, 11) is 0. The van der Waals surface area contributed by atoms with Crippen LogP contribution in [0, 0.1) is 11.6 Å². The van der Waals surface area contributed by atoms with Gasteiger partial charge in [0, 0.05) is 23.2 Å². The van der Waals surface area contributed by atoms with Gasteiger partial charge in [0.05, 0.1) is 11.0 Å². The van der Waals surface area contributed by atoms with Crippen LogP contribution in [0.15, 0.2) is 23.8 Å². The Morgan fingerprint density at radius 3 is 2.90 bits per heavy atom. The fourth-order valence-corrected chi connectivity index (χ4v) is 2.91. The zero-order valence-corrected chi connectivity index (χ0v) is 11.2. The van der Waals surface area contributed by atoms with Gasteiger partial charge in [-0.15, -0.1) is 11.3 Å². The second-order valence-corrected chi connectivity index (χ2v) is 5.28. The van der Waals surface area contributed by atoms with Gasteiger partial charge in [-0.25, -0.2) is 23.7 Å². The summed E-state index contributed by atoms with van der Waals surface area (Å²) in [6, 6.07) is 2.06. The number of rotatable bonds is 1. The lowest BCUT2D eigenvalue weighted by atomic mass is 10.1. The Hall–Kier alpha value is -2.61. The lowest BCUT2D eigenvalue weighted by molar-refractivity contribution is 0.591. The molecule has 0 fully saturated rings. The molecule has 0 spiro atoms. The highest BCUT2D eigenvalue weighted by Crippen LogP contribution is 2.31. The van der Waals surface area contributed by atoms with Crippen molar-refractivity contribution in [2.45, 2.75) is 0 Å². The van der Waals surface area contributed by atoms with Crippen molar-refractivity contribution >= 4 is 38.4 Å². The van der Waals surface area contributed by atoms with E-state index >= 15 is 0 Å². The molecule has 4 rings (SSSR count).